The lowest BCUT2D eigenvalue weighted by Crippen LogP contribution is -2.41. The molecule has 0 bridgehead atoms. The van der Waals surface area contributed by atoms with E-state index in [9.17, 15) is 24.3 Å². The normalized spacial score (nSPS) is 11.5. The first-order valence-corrected chi connectivity index (χ1v) is 12.5. The molecule has 2 amide bonds. The smallest absolute Gasteiger partial charge is 0.335 e. The summed E-state index contributed by atoms with van der Waals surface area (Å²) in [6.45, 7) is 0.349. The Morgan fingerprint density at radius 3 is 2.40 bits per heavy atom. The molecule has 2 heterocycles. The molecular formula is C27H27N9O6. The van der Waals surface area contributed by atoms with E-state index in [4.69, 9.17) is 16.6 Å². The quantitative estimate of drug-likeness (QED) is 0.149. The summed E-state index contributed by atoms with van der Waals surface area (Å²) in [6.07, 6.45) is 1.15. The van der Waals surface area contributed by atoms with Crippen molar-refractivity contribution in [3.05, 3.63) is 71.5 Å². The third kappa shape index (κ3) is 7.20. The highest BCUT2D eigenvalue weighted by Gasteiger charge is 2.22. The molecule has 0 unspecified atom stereocenters. The van der Waals surface area contributed by atoms with Crippen molar-refractivity contribution in [1.82, 2.24) is 25.3 Å². The van der Waals surface area contributed by atoms with Gasteiger partial charge in [0.25, 0.3) is 5.91 Å². The highest BCUT2D eigenvalue weighted by Crippen LogP contribution is 2.19. The fourth-order valence-electron chi connectivity index (χ4n) is 3.99. The Kier molecular flexibility index (Phi) is 8.70. The van der Waals surface area contributed by atoms with Crippen molar-refractivity contribution < 1.29 is 29.4 Å². The number of nitrogens with zero attached hydrogens (tertiary/aromatic N) is 5. The average Bonchev–Trinajstić information content (AvgIpc) is 2.95. The molecule has 216 valence electrons. The van der Waals surface area contributed by atoms with Gasteiger partial charge in [0.1, 0.15) is 6.04 Å². The van der Waals surface area contributed by atoms with E-state index in [1.807, 2.05) is 11.9 Å². The van der Waals surface area contributed by atoms with Crippen LogP contribution in [0.2, 0.25) is 0 Å². The summed E-state index contributed by atoms with van der Waals surface area (Å²) in [5.41, 5.74) is 13.9. The summed E-state index contributed by atoms with van der Waals surface area (Å²) in [4.78, 5) is 66.4. The lowest BCUT2D eigenvalue weighted by molar-refractivity contribution is -0.139. The summed E-state index contributed by atoms with van der Waals surface area (Å²) < 4.78 is 0. The number of hydrogen-bond donors (Lipinski definition) is 6. The Balaban J connectivity index is 1.33. The molecule has 15 nitrogen and oxygen atoms in total. The number of hydrogen-bond acceptors (Lipinski definition) is 11. The lowest BCUT2D eigenvalue weighted by atomic mass is 10.1. The second kappa shape index (κ2) is 12.5. The van der Waals surface area contributed by atoms with Gasteiger partial charge in [0.15, 0.2) is 17.0 Å². The third-order valence-corrected chi connectivity index (χ3v) is 6.13. The molecule has 0 saturated carbocycles. The Morgan fingerprint density at radius 1 is 0.976 bits per heavy atom. The standard InChI is InChI=1S/C27H27N9O6/c1-36(13-17-12-30-23-21(32-17)22(28)34-27(29)35-23)18-7-5-14(6-8-18)24(38)33-19(26(41)42)9-10-20(37)31-16-4-2-3-15(11-16)25(39)40/h2-8,11-12,19H,9-10,13H2,1H3,(H,31,37)(H,33,38)(H,39,40)(H,41,42)(H4,28,29,30,34,35)/t19-/m0/s1. The minimum absolute atomic E-state index is 0.00384. The molecule has 0 saturated heterocycles. The molecule has 0 aliphatic heterocycles. The van der Waals surface area contributed by atoms with Crippen molar-refractivity contribution in [2.75, 3.05) is 28.7 Å². The number of carboxylic acid groups (broad SMARTS) is 2. The topological polar surface area (TPSA) is 240 Å². The van der Waals surface area contributed by atoms with E-state index in [0.717, 1.165) is 5.69 Å². The summed E-state index contributed by atoms with van der Waals surface area (Å²) in [5, 5.41) is 23.6. The van der Waals surface area contributed by atoms with Crippen molar-refractivity contribution in [3.8, 4) is 0 Å². The minimum Gasteiger partial charge on any atom is -0.480 e. The van der Waals surface area contributed by atoms with Gasteiger partial charge in [0.2, 0.25) is 11.9 Å². The zero-order chi connectivity index (χ0) is 30.4. The maximum Gasteiger partial charge on any atom is 0.335 e. The number of fused-ring (bicyclic) bond motifs is 1. The van der Waals surface area contributed by atoms with Crippen LogP contribution < -0.4 is 27.0 Å². The Hall–Kier alpha value is -5.86. The first-order valence-electron chi connectivity index (χ1n) is 12.5. The van der Waals surface area contributed by atoms with E-state index in [0.29, 0.717) is 17.8 Å². The molecule has 2 aromatic heterocycles. The highest BCUT2D eigenvalue weighted by atomic mass is 16.4. The number of carboxylic acids is 2. The van der Waals surface area contributed by atoms with Crippen LogP contribution in [-0.4, -0.2) is 67.0 Å². The molecule has 15 heteroatoms. The molecule has 0 aliphatic rings. The minimum atomic E-state index is -1.32. The van der Waals surface area contributed by atoms with Crippen LogP contribution in [0.25, 0.3) is 11.2 Å². The maximum absolute atomic E-state index is 12.8. The number of rotatable bonds is 11. The zero-order valence-corrected chi connectivity index (χ0v) is 22.3. The fourth-order valence-corrected chi connectivity index (χ4v) is 3.99. The second-order valence-electron chi connectivity index (χ2n) is 9.24. The van der Waals surface area contributed by atoms with E-state index in [-0.39, 0.29) is 47.1 Å². The second-order valence-corrected chi connectivity index (χ2v) is 9.24. The molecule has 2 aromatic carbocycles. The molecule has 1 atom stereocenters. The number of anilines is 4. The van der Waals surface area contributed by atoms with Gasteiger partial charge in [-0.1, -0.05) is 6.07 Å². The summed E-state index contributed by atoms with van der Waals surface area (Å²) in [5.74, 6) is -3.47. The number of nitrogen functional groups attached to an aromatic ring is 2. The number of amides is 2. The summed E-state index contributed by atoms with van der Waals surface area (Å²) in [7, 11) is 1.81. The number of aromatic carboxylic acids is 1. The number of carbonyl (C=O) groups is 4. The number of nitrogens with one attached hydrogen (secondary N) is 2. The van der Waals surface area contributed by atoms with Crippen molar-refractivity contribution in [2.45, 2.75) is 25.4 Å². The Labute approximate surface area is 238 Å². The van der Waals surface area contributed by atoms with E-state index < -0.39 is 29.8 Å². The van der Waals surface area contributed by atoms with Crippen LogP contribution in [0.1, 0.15) is 39.3 Å². The number of carbonyl (C=O) groups excluding carboxylic acids is 2. The average molecular weight is 574 g/mol. The molecule has 4 aromatic rings. The number of aliphatic carboxylic acids is 1. The first-order chi connectivity index (χ1) is 20.0. The molecule has 0 radical (unpaired) electrons. The monoisotopic (exact) mass is 573 g/mol. The van der Waals surface area contributed by atoms with Crippen LogP contribution in [0.3, 0.4) is 0 Å². The van der Waals surface area contributed by atoms with Crippen molar-refractivity contribution in [2.24, 2.45) is 0 Å². The number of benzene rings is 2. The van der Waals surface area contributed by atoms with Crippen molar-refractivity contribution >= 4 is 58.1 Å². The van der Waals surface area contributed by atoms with Gasteiger partial charge in [0, 0.05) is 30.4 Å². The molecular weight excluding hydrogens is 546 g/mol. The predicted octanol–water partition coefficient (Wildman–Crippen LogP) is 1.52. The largest absolute Gasteiger partial charge is 0.480 e. The molecule has 0 aliphatic carbocycles. The molecule has 8 N–H and O–H groups in total. The van der Waals surface area contributed by atoms with Gasteiger partial charge in [-0.3, -0.25) is 9.59 Å². The SMILES string of the molecule is CN(Cc1cnc2nc(N)nc(N)c2n1)c1ccc(C(=O)N[C@@H](CCC(=O)Nc2cccc(C(=O)O)c2)C(=O)O)cc1. The van der Waals surface area contributed by atoms with E-state index >= 15 is 0 Å². The summed E-state index contributed by atoms with van der Waals surface area (Å²) >= 11 is 0. The molecule has 42 heavy (non-hydrogen) atoms. The number of aromatic nitrogens is 4. The molecule has 0 spiro atoms. The van der Waals surface area contributed by atoms with Crippen LogP contribution in [0.15, 0.2) is 54.7 Å². The van der Waals surface area contributed by atoms with Gasteiger partial charge >= 0.3 is 11.9 Å². The molecule has 4 rings (SSSR count). The van der Waals surface area contributed by atoms with Gasteiger partial charge in [-0.15, -0.1) is 0 Å². The van der Waals surface area contributed by atoms with Gasteiger partial charge in [-0.25, -0.2) is 19.6 Å². The Bertz CT molecular complexity index is 1660. The van der Waals surface area contributed by atoms with Crippen LogP contribution in [0.5, 0.6) is 0 Å². The van der Waals surface area contributed by atoms with Crippen LogP contribution in [-0.2, 0) is 16.1 Å². The predicted molar refractivity (Wildman–Crippen MR) is 153 cm³/mol. The number of nitrogens with two attached hydrogens (primary N) is 2. The van der Waals surface area contributed by atoms with E-state index in [1.165, 1.54) is 24.3 Å². The fraction of sp³-hybridized carbons (Fsp3) is 0.185. The molecule has 0 fully saturated rings. The highest BCUT2D eigenvalue weighted by molar-refractivity contribution is 5.97. The van der Waals surface area contributed by atoms with E-state index in [1.54, 1.807) is 30.5 Å². The lowest BCUT2D eigenvalue weighted by Gasteiger charge is -2.19. The van der Waals surface area contributed by atoms with Crippen LogP contribution >= 0.6 is 0 Å². The van der Waals surface area contributed by atoms with Crippen molar-refractivity contribution in [3.63, 3.8) is 0 Å². The third-order valence-electron chi connectivity index (χ3n) is 6.13. The van der Waals surface area contributed by atoms with Gasteiger partial charge in [0.05, 0.1) is 24.0 Å². The van der Waals surface area contributed by atoms with Crippen molar-refractivity contribution in [1.29, 1.82) is 0 Å². The Morgan fingerprint density at radius 2 is 1.71 bits per heavy atom. The first kappa shape index (κ1) is 29.1. The summed E-state index contributed by atoms with van der Waals surface area (Å²) in [6, 6.07) is 10.8. The van der Waals surface area contributed by atoms with Crippen LogP contribution in [0, 0.1) is 0 Å². The van der Waals surface area contributed by atoms with Gasteiger partial charge < -0.3 is 37.2 Å². The zero-order valence-electron chi connectivity index (χ0n) is 22.3. The van der Waals surface area contributed by atoms with E-state index in [2.05, 4.69) is 30.6 Å². The van der Waals surface area contributed by atoms with Gasteiger partial charge in [-0.2, -0.15) is 9.97 Å². The maximum atomic E-state index is 12.8. The van der Waals surface area contributed by atoms with Gasteiger partial charge in [-0.05, 0) is 48.9 Å². The van der Waals surface area contributed by atoms with Crippen LogP contribution in [0.4, 0.5) is 23.1 Å².